The second-order valence-corrected chi connectivity index (χ2v) is 4.96. The number of aliphatic hydroxyl groups is 1. The Balaban J connectivity index is 2.69. The molecule has 0 aromatic heterocycles. The zero-order valence-corrected chi connectivity index (χ0v) is 11.3. The smallest absolute Gasteiger partial charge is 0.0820 e. The fourth-order valence-corrected chi connectivity index (χ4v) is 2.27. The molecule has 1 rings (SSSR count). The quantitative estimate of drug-likeness (QED) is 0.879. The summed E-state index contributed by atoms with van der Waals surface area (Å²) in [6.45, 7) is 0.422. The molecule has 1 aromatic carbocycles. The van der Waals surface area contributed by atoms with Crippen LogP contribution in [0.1, 0.15) is 18.1 Å². The van der Waals surface area contributed by atoms with Gasteiger partial charge in [0.05, 0.1) is 12.7 Å². The molecule has 0 bridgehead atoms. The van der Waals surface area contributed by atoms with Crippen LogP contribution in [0.4, 0.5) is 0 Å². The Morgan fingerprint density at radius 1 is 1.56 bits per heavy atom. The fourth-order valence-electron chi connectivity index (χ4n) is 1.47. The average molecular weight is 309 g/mol. The topological polar surface area (TPSA) is 55.5 Å². The highest BCUT2D eigenvalue weighted by Crippen LogP contribution is 2.28. The molecule has 90 valence electrons. The largest absolute Gasteiger partial charge is 0.388 e. The summed E-state index contributed by atoms with van der Waals surface area (Å²) in [7, 11) is 1.58. The zero-order chi connectivity index (χ0) is 12.1. The van der Waals surface area contributed by atoms with Crippen LogP contribution in [-0.4, -0.2) is 24.9 Å². The second-order valence-electron chi connectivity index (χ2n) is 3.63. The van der Waals surface area contributed by atoms with Gasteiger partial charge in [0.2, 0.25) is 0 Å². The van der Waals surface area contributed by atoms with Gasteiger partial charge in [0.1, 0.15) is 0 Å². The van der Waals surface area contributed by atoms with Crippen molar-refractivity contribution in [1.29, 1.82) is 0 Å². The van der Waals surface area contributed by atoms with E-state index in [2.05, 4.69) is 15.9 Å². The van der Waals surface area contributed by atoms with Crippen LogP contribution in [0, 0.1) is 0 Å². The average Bonchev–Trinajstić information content (AvgIpc) is 2.17. The first-order valence-electron chi connectivity index (χ1n) is 4.92. The molecule has 3 nitrogen and oxygen atoms in total. The third-order valence-electron chi connectivity index (χ3n) is 2.23. The molecule has 2 atom stereocenters. The lowest BCUT2D eigenvalue weighted by Gasteiger charge is -2.17. The van der Waals surface area contributed by atoms with Gasteiger partial charge >= 0.3 is 0 Å². The van der Waals surface area contributed by atoms with Gasteiger partial charge in [-0.1, -0.05) is 33.6 Å². The van der Waals surface area contributed by atoms with E-state index < -0.39 is 6.10 Å². The van der Waals surface area contributed by atoms with E-state index in [9.17, 15) is 5.11 Å². The van der Waals surface area contributed by atoms with Crippen LogP contribution in [0.25, 0.3) is 0 Å². The predicted octanol–water partition coefficient (Wildman–Crippen LogP) is 2.50. The number of halogens is 2. The Labute approximate surface area is 109 Å². The highest BCUT2D eigenvalue weighted by atomic mass is 79.9. The number of rotatable bonds is 5. The van der Waals surface area contributed by atoms with E-state index >= 15 is 0 Å². The molecule has 1 aromatic rings. The van der Waals surface area contributed by atoms with Gasteiger partial charge in [-0.2, -0.15) is 0 Å². The molecule has 2 unspecified atom stereocenters. The van der Waals surface area contributed by atoms with Crippen LogP contribution < -0.4 is 5.73 Å². The van der Waals surface area contributed by atoms with E-state index in [1.807, 2.05) is 6.07 Å². The number of methoxy groups -OCH3 is 1. The van der Waals surface area contributed by atoms with Crippen molar-refractivity contribution < 1.29 is 9.84 Å². The van der Waals surface area contributed by atoms with E-state index in [-0.39, 0.29) is 6.04 Å². The zero-order valence-electron chi connectivity index (χ0n) is 8.99. The van der Waals surface area contributed by atoms with E-state index in [1.54, 1.807) is 19.2 Å². The first-order chi connectivity index (χ1) is 7.54. The van der Waals surface area contributed by atoms with Crippen molar-refractivity contribution >= 4 is 27.5 Å². The number of hydrogen-bond donors (Lipinski definition) is 2. The molecule has 3 N–H and O–H groups in total. The van der Waals surface area contributed by atoms with E-state index in [0.29, 0.717) is 23.6 Å². The van der Waals surface area contributed by atoms with Crippen molar-refractivity contribution in [1.82, 2.24) is 0 Å². The van der Waals surface area contributed by atoms with Gasteiger partial charge in [0.25, 0.3) is 0 Å². The van der Waals surface area contributed by atoms with Crippen LogP contribution in [0.3, 0.4) is 0 Å². The molecule has 0 amide bonds. The lowest BCUT2D eigenvalue weighted by molar-refractivity contribution is 0.122. The molecule has 0 saturated carbocycles. The minimum atomic E-state index is -0.661. The Kier molecular flexibility index (Phi) is 5.72. The number of ether oxygens (including phenoxy) is 1. The van der Waals surface area contributed by atoms with Crippen molar-refractivity contribution in [2.75, 3.05) is 13.7 Å². The summed E-state index contributed by atoms with van der Waals surface area (Å²) in [5.41, 5.74) is 6.46. The monoisotopic (exact) mass is 307 g/mol. The van der Waals surface area contributed by atoms with Crippen molar-refractivity contribution in [3.05, 3.63) is 33.3 Å². The Morgan fingerprint density at radius 2 is 2.25 bits per heavy atom. The van der Waals surface area contributed by atoms with Gasteiger partial charge in [-0.3, -0.25) is 0 Å². The summed E-state index contributed by atoms with van der Waals surface area (Å²) in [4.78, 5) is 0. The summed E-state index contributed by atoms with van der Waals surface area (Å²) < 4.78 is 5.80. The normalized spacial score (nSPS) is 14.8. The third kappa shape index (κ3) is 4.03. The summed E-state index contributed by atoms with van der Waals surface area (Å²) in [6, 6.07) is 5.19. The Morgan fingerprint density at radius 3 is 2.81 bits per heavy atom. The van der Waals surface area contributed by atoms with E-state index in [0.717, 1.165) is 4.47 Å². The maximum Gasteiger partial charge on any atom is 0.0820 e. The van der Waals surface area contributed by atoms with E-state index in [4.69, 9.17) is 22.1 Å². The van der Waals surface area contributed by atoms with Crippen molar-refractivity contribution in [3.8, 4) is 0 Å². The van der Waals surface area contributed by atoms with Gasteiger partial charge in [-0.25, -0.2) is 0 Å². The van der Waals surface area contributed by atoms with Gasteiger partial charge in [-0.15, -0.1) is 0 Å². The lowest BCUT2D eigenvalue weighted by Crippen LogP contribution is -2.27. The molecule has 0 fully saturated rings. The van der Waals surface area contributed by atoms with Gasteiger partial charge in [0, 0.05) is 22.6 Å². The first kappa shape index (κ1) is 13.9. The highest BCUT2D eigenvalue weighted by molar-refractivity contribution is 9.10. The van der Waals surface area contributed by atoms with Crippen LogP contribution in [-0.2, 0) is 4.74 Å². The van der Waals surface area contributed by atoms with Crippen LogP contribution in [0.2, 0.25) is 5.02 Å². The third-order valence-corrected chi connectivity index (χ3v) is 3.05. The number of aliphatic hydroxyl groups excluding tert-OH is 1. The Hall–Kier alpha value is -0.130. The molecule has 5 heteroatoms. The summed E-state index contributed by atoms with van der Waals surface area (Å²) in [5.74, 6) is 0. The highest BCUT2D eigenvalue weighted by Gasteiger charge is 2.15. The SMILES string of the molecule is COCC(N)CC(O)c1ccc(Br)cc1Cl. The summed E-state index contributed by atoms with van der Waals surface area (Å²) >= 11 is 9.33. The van der Waals surface area contributed by atoms with Gasteiger partial charge in [0.15, 0.2) is 0 Å². The van der Waals surface area contributed by atoms with Crippen LogP contribution in [0.5, 0.6) is 0 Å². The lowest BCUT2D eigenvalue weighted by atomic mass is 10.0. The molecule has 0 spiro atoms. The van der Waals surface area contributed by atoms with Crippen molar-refractivity contribution in [2.24, 2.45) is 5.73 Å². The molecule has 0 saturated heterocycles. The van der Waals surface area contributed by atoms with Crippen molar-refractivity contribution in [3.63, 3.8) is 0 Å². The minimum Gasteiger partial charge on any atom is -0.388 e. The molecule has 0 aliphatic rings. The maximum atomic E-state index is 9.95. The fraction of sp³-hybridized carbons (Fsp3) is 0.455. The number of nitrogens with two attached hydrogens (primary N) is 1. The Bertz CT molecular complexity index is 349. The minimum absolute atomic E-state index is 0.195. The predicted molar refractivity (Wildman–Crippen MR) is 68.6 cm³/mol. The standard InChI is InChI=1S/C11H15BrClNO2/c1-16-6-8(14)5-11(15)9-3-2-7(12)4-10(9)13/h2-4,8,11,15H,5-6,14H2,1H3. The summed E-state index contributed by atoms with van der Waals surface area (Å²) in [6.07, 6.45) is -0.236. The summed E-state index contributed by atoms with van der Waals surface area (Å²) in [5, 5.41) is 10.5. The molecular formula is C11H15BrClNO2. The van der Waals surface area contributed by atoms with Crippen molar-refractivity contribution in [2.45, 2.75) is 18.6 Å². The molecule has 0 aliphatic carbocycles. The number of hydrogen-bond acceptors (Lipinski definition) is 3. The van der Waals surface area contributed by atoms with E-state index in [1.165, 1.54) is 0 Å². The van der Waals surface area contributed by atoms with Gasteiger partial charge < -0.3 is 15.6 Å². The number of benzene rings is 1. The first-order valence-corrected chi connectivity index (χ1v) is 6.09. The molecule has 0 aliphatic heterocycles. The molecular weight excluding hydrogens is 293 g/mol. The second kappa shape index (κ2) is 6.57. The van der Waals surface area contributed by atoms with Crippen LogP contribution >= 0.6 is 27.5 Å². The van der Waals surface area contributed by atoms with Crippen LogP contribution in [0.15, 0.2) is 22.7 Å². The molecule has 0 heterocycles. The molecule has 0 radical (unpaired) electrons. The van der Waals surface area contributed by atoms with Gasteiger partial charge in [-0.05, 0) is 24.1 Å². The maximum absolute atomic E-state index is 9.95. The molecule has 16 heavy (non-hydrogen) atoms.